The first-order valence-electron chi connectivity index (χ1n) is 5.19. The van der Waals surface area contributed by atoms with E-state index in [4.69, 9.17) is 10.5 Å². The quantitative estimate of drug-likeness (QED) is 0.619. The van der Waals surface area contributed by atoms with Crippen molar-refractivity contribution in [2.24, 2.45) is 11.7 Å². The lowest BCUT2D eigenvalue weighted by Gasteiger charge is -2.14. The number of amides is 1. The molecule has 0 aliphatic carbocycles. The molecular weight excluding hydrogens is 232 g/mol. The molecule has 0 aromatic rings. The van der Waals surface area contributed by atoms with Gasteiger partial charge < -0.3 is 15.8 Å². The van der Waals surface area contributed by atoms with Gasteiger partial charge in [0.1, 0.15) is 6.10 Å². The van der Waals surface area contributed by atoms with Crippen molar-refractivity contribution in [1.29, 1.82) is 0 Å². The van der Waals surface area contributed by atoms with E-state index in [2.05, 4.69) is 5.32 Å². The topological polar surface area (TPSA) is 98.5 Å². The predicted octanol–water partition coefficient (Wildman–Crippen LogP) is -1.49. The molecule has 1 rings (SSSR count). The predicted molar refractivity (Wildman–Crippen MR) is 59.6 cm³/mol. The molecule has 1 amide bonds. The van der Waals surface area contributed by atoms with E-state index in [0.29, 0.717) is 13.0 Å². The number of carbonyl (C=O) groups excluding carboxylic acids is 1. The van der Waals surface area contributed by atoms with Crippen molar-refractivity contribution < 1.29 is 17.9 Å². The Morgan fingerprint density at radius 1 is 1.62 bits per heavy atom. The molecule has 0 aromatic carbocycles. The van der Waals surface area contributed by atoms with Crippen molar-refractivity contribution in [2.75, 3.05) is 31.7 Å². The van der Waals surface area contributed by atoms with Crippen LogP contribution in [0.1, 0.15) is 6.42 Å². The van der Waals surface area contributed by atoms with Gasteiger partial charge in [-0.15, -0.1) is 0 Å². The van der Waals surface area contributed by atoms with Crippen LogP contribution in [0.4, 0.5) is 0 Å². The SMILES string of the molecule is COC(CN)C(=O)NCC1CCS(=O)(=O)C1. The van der Waals surface area contributed by atoms with Crippen molar-refractivity contribution in [3.05, 3.63) is 0 Å². The molecule has 3 N–H and O–H groups in total. The number of rotatable bonds is 5. The molecular formula is C9H18N2O4S. The maximum atomic E-state index is 11.5. The third-order valence-electron chi connectivity index (χ3n) is 2.68. The van der Waals surface area contributed by atoms with Gasteiger partial charge in [-0.1, -0.05) is 0 Å². The van der Waals surface area contributed by atoms with Gasteiger partial charge in [0.2, 0.25) is 5.91 Å². The third kappa shape index (κ3) is 3.73. The molecule has 0 bridgehead atoms. The van der Waals surface area contributed by atoms with Crippen LogP contribution < -0.4 is 11.1 Å². The minimum atomic E-state index is -2.88. The Morgan fingerprint density at radius 3 is 2.75 bits per heavy atom. The summed E-state index contributed by atoms with van der Waals surface area (Å²) >= 11 is 0. The van der Waals surface area contributed by atoms with E-state index in [0.717, 1.165) is 0 Å². The fraction of sp³-hybridized carbons (Fsp3) is 0.889. The van der Waals surface area contributed by atoms with Crippen LogP contribution in [0.5, 0.6) is 0 Å². The summed E-state index contributed by atoms with van der Waals surface area (Å²) < 4.78 is 27.2. The highest BCUT2D eigenvalue weighted by molar-refractivity contribution is 7.91. The average molecular weight is 250 g/mol. The second kappa shape index (κ2) is 5.60. The molecule has 16 heavy (non-hydrogen) atoms. The third-order valence-corrected chi connectivity index (χ3v) is 4.52. The molecule has 1 saturated heterocycles. The highest BCUT2D eigenvalue weighted by atomic mass is 32.2. The number of carbonyl (C=O) groups is 1. The Balaban J connectivity index is 2.33. The number of hydrogen-bond acceptors (Lipinski definition) is 5. The highest BCUT2D eigenvalue weighted by Crippen LogP contribution is 2.17. The van der Waals surface area contributed by atoms with Crippen molar-refractivity contribution in [3.8, 4) is 0 Å². The van der Waals surface area contributed by atoms with Crippen LogP contribution >= 0.6 is 0 Å². The summed E-state index contributed by atoms with van der Waals surface area (Å²) in [6.07, 6.45) is -0.0406. The van der Waals surface area contributed by atoms with E-state index >= 15 is 0 Å². The lowest BCUT2D eigenvalue weighted by Crippen LogP contribution is -2.42. The molecule has 0 saturated carbocycles. The number of nitrogens with two attached hydrogens (primary N) is 1. The second-order valence-corrected chi connectivity index (χ2v) is 6.20. The minimum Gasteiger partial charge on any atom is -0.370 e. The Hall–Kier alpha value is -0.660. The first-order valence-corrected chi connectivity index (χ1v) is 7.01. The number of hydrogen-bond donors (Lipinski definition) is 2. The summed E-state index contributed by atoms with van der Waals surface area (Å²) in [5.41, 5.74) is 5.33. The lowest BCUT2D eigenvalue weighted by atomic mass is 10.1. The first kappa shape index (κ1) is 13.4. The Labute approximate surface area is 95.4 Å². The van der Waals surface area contributed by atoms with Crippen molar-refractivity contribution in [3.63, 3.8) is 0 Å². The smallest absolute Gasteiger partial charge is 0.250 e. The molecule has 1 fully saturated rings. The molecule has 1 aliphatic heterocycles. The fourth-order valence-electron chi connectivity index (χ4n) is 1.70. The van der Waals surface area contributed by atoms with Gasteiger partial charge >= 0.3 is 0 Å². The average Bonchev–Trinajstić information content (AvgIpc) is 2.57. The second-order valence-electron chi connectivity index (χ2n) is 3.97. The number of ether oxygens (including phenoxy) is 1. The van der Waals surface area contributed by atoms with Gasteiger partial charge in [-0.3, -0.25) is 4.79 Å². The monoisotopic (exact) mass is 250 g/mol. The van der Waals surface area contributed by atoms with E-state index in [1.807, 2.05) is 0 Å². The minimum absolute atomic E-state index is 0.0178. The van der Waals surface area contributed by atoms with E-state index in [1.54, 1.807) is 0 Å². The van der Waals surface area contributed by atoms with E-state index in [-0.39, 0.29) is 29.9 Å². The Morgan fingerprint density at radius 2 is 2.31 bits per heavy atom. The molecule has 6 nitrogen and oxygen atoms in total. The van der Waals surface area contributed by atoms with Crippen molar-refractivity contribution in [2.45, 2.75) is 12.5 Å². The van der Waals surface area contributed by atoms with Gasteiger partial charge in [0.25, 0.3) is 0 Å². The van der Waals surface area contributed by atoms with Gasteiger partial charge in [-0.25, -0.2) is 8.42 Å². The molecule has 0 spiro atoms. The number of methoxy groups -OCH3 is 1. The summed E-state index contributed by atoms with van der Waals surface area (Å²) in [5.74, 6) is 0.115. The Kier molecular flexibility index (Phi) is 4.69. The lowest BCUT2D eigenvalue weighted by molar-refractivity contribution is -0.130. The van der Waals surface area contributed by atoms with Crippen LogP contribution in [-0.4, -0.2) is 52.1 Å². The number of nitrogens with one attached hydrogen (secondary N) is 1. The molecule has 2 atom stereocenters. The van der Waals surface area contributed by atoms with E-state index < -0.39 is 15.9 Å². The largest absolute Gasteiger partial charge is 0.370 e. The van der Waals surface area contributed by atoms with Crippen molar-refractivity contribution >= 4 is 15.7 Å². The van der Waals surface area contributed by atoms with Crippen LogP contribution in [0.25, 0.3) is 0 Å². The maximum absolute atomic E-state index is 11.5. The maximum Gasteiger partial charge on any atom is 0.250 e. The number of sulfone groups is 1. The summed E-state index contributed by atoms with van der Waals surface area (Å²) in [7, 11) is -1.47. The molecule has 7 heteroatoms. The van der Waals surface area contributed by atoms with Gasteiger partial charge in [-0.2, -0.15) is 0 Å². The molecule has 1 heterocycles. The van der Waals surface area contributed by atoms with Crippen LogP contribution in [0.15, 0.2) is 0 Å². The van der Waals surface area contributed by atoms with Crippen LogP contribution in [0, 0.1) is 5.92 Å². The summed E-state index contributed by atoms with van der Waals surface area (Å²) in [6, 6.07) is 0. The zero-order valence-corrected chi connectivity index (χ0v) is 10.1. The van der Waals surface area contributed by atoms with Crippen LogP contribution in [0.2, 0.25) is 0 Å². The fourth-order valence-corrected chi connectivity index (χ4v) is 3.56. The standard InChI is InChI=1S/C9H18N2O4S/c1-15-8(4-10)9(12)11-5-7-2-3-16(13,14)6-7/h7-8H,2-6,10H2,1H3,(H,11,12). The van der Waals surface area contributed by atoms with Gasteiger partial charge in [0.05, 0.1) is 11.5 Å². The normalized spacial score (nSPS) is 25.2. The summed E-state index contributed by atoms with van der Waals surface area (Å²) in [6.45, 7) is 0.489. The van der Waals surface area contributed by atoms with Crippen LogP contribution in [0.3, 0.4) is 0 Å². The van der Waals surface area contributed by atoms with Gasteiger partial charge in [-0.05, 0) is 12.3 Å². The molecule has 2 unspecified atom stereocenters. The summed E-state index contributed by atoms with van der Waals surface area (Å²) in [5, 5.41) is 2.66. The van der Waals surface area contributed by atoms with Gasteiger partial charge in [0.15, 0.2) is 9.84 Å². The van der Waals surface area contributed by atoms with Crippen LogP contribution in [-0.2, 0) is 19.4 Å². The molecule has 0 aromatic heterocycles. The Bertz CT molecular complexity index is 337. The molecule has 0 radical (unpaired) electrons. The zero-order chi connectivity index (χ0) is 12.2. The first-order chi connectivity index (χ1) is 7.48. The highest BCUT2D eigenvalue weighted by Gasteiger charge is 2.28. The van der Waals surface area contributed by atoms with Crippen molar-refractivity contribution in [1.82, 2.24) is 5.32 Å². The molecule has 1 aliphatic rings. The van der Waals surface area contributed by atoms with Gasteiger partial charge in [0, 0.05) is 20.2 Å². The summed E-state index contributed by atoms with van der Waals surface area (Å²) in [4.78, 5) is 11.5. The van der Waals surface area contributed by atoms with E-state index in [9.17, 15) is 13.2 Å². The molecule has 94 valence electrons. The zero-order valence-electron chi connectivity index (χ0n) is 9.31. The van der Waals surface area contributed by atoms with E-state index in [1.165, 1.54) is 7.11 Å².